The number of nitrogens with zero attached hydrogens (tertiary/aromatic N) is 3. The maximum absolute atomic E-state index is 4.49. The molecule has 2 heterocycles. The first-order valence-electron chi connectivity index (χ1n) is 5.26. The van der Waals surface area contributed by atoms with Crippen molar-refractivity contribution in [1.29, 1.82) is 0 Å². The van der Waals surface area contributed by atoms with Crippen LogP contribution in [0.1, 0.15) is 5.69 Å². The second-order valence-corrected chi connectivity index (χ2v) is 4.57. The molecule has 17 heavy (non-hydrogen) atoms. The van der Waals surface area contributed by atoms with Gasteiger partial charge in [-0.15, -0.1) is 0 Å². The largest absolute Gasteiger partial charge is 0.356 e. The first-order chi connectivity index (χ1) is 8.42. The van der Waals surface area contributed by atoms with Gasteiger partial charge in [-0.25, -0.2) is 15.0 Å². The Morgan fingerprint density at radius 1 is 1.18 bits per heavy atom. The maximum Gasteiger partial charge on any atom is 0.184 e. The van der Waals surface area contributed by atoms with E-state index in [2.05, 4.69) is 26.3 Å². The normalized spacial score (nSPS) is 10.6. The molecule has 0 bridgehead atoms. The number of nitrogens with one attached hydrogen (secondary N) is 1. The summed E-state index contributed by atoms with van der Waals surface area (Å²) in [6.07, 6.45) is 3.29. The number of rotatable bonds is 3. The van der Waals surface area contributed by atoms with Gasteiger partial charge in [-0.05, 0) is 18.2 Å². The molecule has 0 fully saturated rings. The van der Waals surface area contributed by atoms with Gasteiger partial charge in [0.2, 0.25) is 0 Å². The van der Waals surface area contributed by atoms with Crippen molar-refractivity contribution in [3.8, 4) is 0 Å². The smallest absolute Gasteiger partial charge is 0.184 e. The molecule has 0 unspecified atom stereocenters. The van der Waals surface area contributed by atoms with Crippen LogP contribution in [-0.4, -0.2) is 15.0 Å². The molecule has 0 radical (unpaired) electrons. The summed E-state index contributed by atoms with van der Waals surface area (Å²) < 4.78 is 1.19. The van der Waals surface area contributed by atoms with Crippen molar-refractivity contribution < 1.29 is 0 Å². The fourth-order valence-electron chi connectivity index (χ4n) is 1.54. The summed E-state index contributed by atoms with van der Waals surface area (Å²) in [7, 11) is 0. The van der Waals surface area contributed by atoms with Gasteiger partial charge in [-0.1, -0.05) is 23.5 Å². The van der Waals surface area contributed by atoms with Crippen LogP contribution in [0, 0.1) is 0 Å². The van der Waals surface area contributed by atoms with Crippen LogP contribution in [0.25, 0.3) is 10.2 Å². The summed E-state index contributed by atoms with van der Waals surface area (Å²) in [4.78, 5) is 12.5. The topological polar surface area (TPSA) is 50.7 Å². The number of hydrogen-bond acceptors (Lipinski definition) is 5. The minimum Gasteiger partial charge on any atom is -0.356 e. The lowest BCUT2D eigenvalue weighted by molar-refractivity contribution is 1.00. The van der Waals surface area contributed by atoms with Gasteiger partial charge in [0, 0.05) is 6.20 Å². The highest BCUT2D eigenvalue weighted by molar-refractivity contribution is 7.22. The number of aromatic nitrogens is 3. The van der Waals surface area contributed by atoms with Gasteiger partial charge in [0.05, 0.1) is 22.5 Å². The van der Waals surface area contributed by atoms with Crippen molar-refractivity contribution in [3.63, 3.8) is 0 Å². The second-order valence-electron chi connectivity index (χ2n) is 3.54. The Bertz CT molecular complexity index is 587. The first kappa shape index (κ1) is 10.2. The van der Waals surface area contributed by atoms with Crippen LogP contribution in [0.4, 0.5) is 5.13 Å². The minimum atomic E-state index is 0.669. The number of thiazole rings is 1. The Hall–Kier alpha value is -2.01. The summed E-state index contributed by atoms with van der Waals surface area (Å²) in [5, 5.41) is 4.19. The molecule has 0 spiro atoms. The SMILES string of the molecule is c1ccc2sc(NCc3ccncn3)nc2c1. The van der Waals surface area contributed by atoms with Gasteiger partial charge in [0.25, 0.3) is 0 Å². The van der Waals surface area contributed by atoms with Crippen LogP contribution >= 0.6 is 11.3 Å². The van der Waals surface area contributed by atoms with E-state index in [1.807, 2.05) is 24.3 Å². The van der Waals surface area contributed by atoms with E-state index in [0.29, 0.717) is 6.54 Å². The van der Waals surface area contributed by atoms with Crippen LogP contribution < -0.4 is 5.32 Å². The third-order valence-corrected chi connectivity index (χ3v) is 3.35. The zero-order valence-electron chi connectivity index (χ0n) is 9.00. The highest BCUT2D eigenvalue weighted by atomic mass is 32.1. The van der Waals surface area contributed by atoms with E-state index in [4.69, 9.17) is 0 Å². The maximum atomic E-state index is 4.49. The Morgan fingerprint density at radius 3 is 2.94 bits per heavy atom. The number of hydrogen-bond donors (Lipinski definition) is 1. The van der Waals surface area contributed by atoms with Crippen LogP contribution in [-0.2, 0) is 6.54 Å². The predicted octanol–water partition coefficient (Wildman–Crippen LogP) is 2.70. The molecule has 3 rings (SSSR count). The molecule has 2 aromatic heterocycles. The summed E-state index contributed by atoms with van der Waals surface area (Å²) in [5.74, 6) is 0. The third-order valence-electron chi connectivity index (χ3n) is 2.36. The molecule has 1 N–H and O–H groups in total. The molecule has 0 aliphatic rings. The van der Waals surface area contributed by atoms with Crippen molar-refractivity contribution >= 4 is 26.7 Å². The Kier molecular flexibility index (Phi) is 2.67. The molecule has 4 nitrogen and oxygen atoms in total. The third kappa shape index (κ3) is 2.24. The molecule has 0 saturated carbocycles. The lowest BCUT2D eigenvalue weighted by Gasteiger charge is -2.00. The molecular weight excluding hydrogens is 232 g/mol. The molecule has 0 atom stereocenters. The Morgan fingerprint density at radius 2 is 2.12 bits per heavy atom. The zero-order valence-corrected chi connectivity index (χ0v) is 9.81. The molecule has 0 aliphatic heterocycles. The fourth-order valence-corrected chi connectivity index (χ4v) is 2.40. The van der Waals surface area contributed by atoms with Crippen molar-refractivity contribution in [2.75, 3.05) is 5.32 Å². The molecule has 3 aromatic rings. The average Bonchev–Trinajstić information content (AvgIpc) is 2.80. The number of anilines is 1. The van der Waals surface area contributed by atoms with Crippen LogP contribution in [0.3, 0.4) is 0 Å². The van der Waals surface area contributed by atoms with Gasteiger partial charge >= 0.3 is 0 Å². The molecule has 5 heteroatoms. The van der Waals surface area contributed by atoms with Gasteiger partial charge in [-0.2, -0.15) is 0 Å². The fraction of sp³-hybridized carbons (Fsp3) is 0.0833. The quantitative estimate of drug-likeness (QED) is 0.767. The van der Waals surface area contributed by atoms with Crippen molar-refractivity contribution in [3.05, 3.63) is 48.5 Å². The Labute approximate surface area is 102 Å². The average molecular weight is 242 g/mol. The van der Waals surface area contributed by atoms with Crippen molar-refractivity contribution in [2.45, 2.75) is 6.54 Å². The molecule has 0 amide bonds. The monoisotopic (exact) mass is 242 g/mol. The van der Waals surface area contributed by atoms with E-state index in [1.165, 1.54) is 4.70 Å². The first-order valence-corrected chi connectivity index (χ1v) is 6.08. The lowest BCUT2D eigenvalue weighted by Crippen LogP contribution is -2.00. The molecule has 0 saturated heterocycles. The van der Waals surface area contributed by atoms with E-state index in [1.54, 1.807) is 23.9 Å². The standard InChI is InChI=1S/C12H10N4S/c1-2-4-11-10(3-1)16-12(17-11)14-7-9-5-6-13-8-15-9/h1-6,8H,7H2,(H,14,16). The van der Waals surface area contributed by atoms with Crippen LogP contribution in [0.5, 0.6) is 0 Å². The number of fused-ring (bicyclic) bond motifs is 1. The highest BCUT2D eigenvalue weighted by Gasteiger charge is 2.02. The Balaban J connectivity index is 1.77. The van der Waals surface area contributed by atoms with Crippen molar-refractivity contribution in [1.82, 2.24) is 15.0 Å². The number of benzene rings is 1. The zero-order chi connectivity index (χ0) is 11.5. The lowest BCUT2D eigenvalue weighted by atomic mass is 10.3. The molecule has 1 aromatic carbocycles. The summed E-state index contributed by atoms with van der Waals surface area (Å²) in [6, 6.07) is 10.00. The second kappa shape index (κ2) is 4.47. The van der Waals surface area contributed by atoms with E-state index in [-0.39, 0.29) is 0 Å². The van der Waals surface area contributed by atoms with E-state index in [0.717, 1.165) is 16.3 Å². The van der Waals surface area contributed by atoms with E-state index in [9.17, 15) is 0 Å². The molecular formula is C12H10N4S. The van der Waals surface area contributed by atoms with Gasteiger partial charge < -0.3 is 5.32 Å². The van der Waals surface area contributed by atoms with Crippen LogP contribution in [0.15, 0.2) is 42.9 Å². The van der Waals surface area contributed by atoms with Gasteiger partial charge in [0.1, 0.15) is 6.33 Å². The van der Waals surface area contributed by atoms with Crippen LogP contribution in [0.2, 0.25) is 0 Å². The summed E-state index contributed by atoms with van der Waals surface area (Å²) >= 11 is 1.65. The van der Waals surface area contributed by atoms with Gasteiger partial charge in [0.15, 0.2) is 5.13 Å². The molecule has 0 aliphatic carbocycles. The highest BCUT2D eigenvalue weighted by Crippen LogP contribution is 2.25. The van der Waals surface area contributed by atoms with Gasteiger partial charge in [-0.3, -0.25) is 0 Å². The predicted molar refractivity (Wildman–Crippen MR) is 69.0 cm³/mol. The number of para-hydroxylation sites is 1. The molecule has 84 valence electrons. The summed E-state index contributed by atoms with van der Waals surface area (Å²) in [6.45, 7) is 0.669. The van der Waals surface area contributed by atoms with E-state index >= 15 is 0 Å². The van der Waals surface area contributed by atoms with E-state index < -0.39 is 0 Å². The minimum absolute atomic E-state index is 0.669. The van der Waals surface area contributed by atoms with Crippen molar-refractivity contribution in [2.24, 2.45) is 0 Å². The summed E-state index contributed by atoms with van der Waals surface area (Å²) in [5.41, 5.74) is 1.99.